The first-order valence-corrected chi connectivity index (χ1v) is 7.60. The number of nitrogens with one attached hydrogen (secondary N) is 2. The van der Waals surface area contributed by atoms with Gasteiger partial charge in [0.05, 0.1) is 17.4 Å². The molecular weight excluding hydrogens is 352 g/mol. The van der Waals surface area contributed by atoms with Gasteiger partial charge in [0.1, 0.15) is 0 Å². The number of carbonyl (C=O) groups is 1. The van der Waals surface area contributed by atoms with E-state index in [9.17, 15) is 4.79 Å². The van der Waals surface area contributed by atoms with Gasteiger partial charge >= 0.3 is 0 Å². The number of hydrogen-bond acceptors (Lipinski definition) is 3. The van der Waals surface area contributed by atoms with E-state index >= 15 is 0 Å². The summed E-state index contributed by atoms with van der Waals surface area (Å²) in [7, 11) is 0. The Bertz CT molecular complexity index is 683. The molecule has 21 heavy (non-hydrogen) atoms. The van der Waals surface area contributed by atoms with Crippen LogP contribution in [0.3, 0.4) is 0 Å². The van der Waals surface area contributed by atoms with Gasteiger partial charge in [0.2, 0.25) is 0 Å². The zero-order chi connectivity index (χ0) is 15.4. The Morgan fingerprint density at radius 1 is 1.48 bits per heavy atom. The highest BCUT2D eigenvalue weighted by molar-refractivity contribution is 9.10. The van der Waals surface area contributed by atoms with Crippen LogP contribution in [-0.4, -0.2) is 20.8 Å². The van der Waals surface area contributed by atoms with Crippen LogP contribution in [0.5, 0.6) is 0 Å². The van der Waals surface area contributed by atoms with Crippen molar-refractivity contribution in [1.82, 2.24) is 15.1 Å². The molecule has 2 N–H and O–H groups in total. The van der Waals surface area contributed by atoms with Crippen molar-refractivity contribution in [3.8, 4) is 0 Å². The smallest absolute Gasteiger partial charge is 0.260 e. The zero-order valence-electron chi connectivity index (χ0n) is 11.7. The van der Waals surface area contributed by atoms with E-state index in [1.165, 1.54) is 6.20 Å². The monoisotopic (exact) mass is 366 g/mol. The number of rotatable bonds is 3. The van der Waals surface area contributed by atoms with Crippen LogP contribution in [0.15, 0.2) is 35.1 Å². The van der Waals surface area contributed by atoms with E-state index in [2.05, 4.69) is 31.7 Å². The number of amides is 1. The topological polar surface area (TPSA) is 59.0 Å². The van der Waals surface area contributed by atoms with Gasteiger partial charge in [-0.15, -0.1) is 0 Å². The van der Waals surface area contributed by atoms with E-state index in [-0.39, 0.29) is 11.0 Å². The molecule has 5 nitrogen and oxygen atoms in total. The lowest BCUT2D eigenvalue weighted by atomic mass is 10.2. The van der Waals surface area contributed by atoms with Gasteiger partial charge in [0.15, 0.2) is 5.11 Å². The lowest BCUT2D eigenvalue weighted by Gasteiger charge is -2.10. The van der Waals surface area contributed by atoms with Crippen LogP contribution in [0.2, 0.25) is 0 Å². The second-order valence-electron chi connectivity index (χ2n) is 4.48. The van der Waals surface area contributed by atoms with E-state index in [1.807, 2.05) is 32.0 Å². The lowest BCUT2D eigenvalue weighted by molar-refractivity contribution is 0.0977. The molecule has 0 saturated heterocycles. The molecule has 0 spiro atoms. The molecule has 1 aromatic heterocycles. The number of nitrogens with zero attached hydrogens (tertiary/aromatic N) is 2. The summed E-state index contributed by atoms with van der Waals surface area (Å²) in [5, 5.41) is 9.92. The van der Waals surface area contributed by atoms with Crippen molar-refractivity contribution in [3.05, 3.63) is 46.2 Å². The number of halogens is 1. The summed E-state index contributed by atoms with van der Waals surface area (Å²) >= 11 is 8.60. The largest absolute Gasteiger partial charge is 0.331 e. The van der Waals surface area contributed by atoms with Crippen LogP contribution < -0.4 is 10.6 Å². The minimum Gasteiger partial charge on any atom is -0.331 e. The number of anilines is 1. The maximum atomic E-state index is 12.0. The van der Waals surface area contributed by atoms with Crippen LogP contribution in [0.1, 0.15) is 22.8 Å². The summed E-state index contributed by atoms with van der Waals surface area (Å²) < 4.78 is 2.57. The molecule has 0 radical (unpaired) electrons. The number of hydrogen-bond donors (Lipinski definition) is 2. The number of benzene rings is 1. The average Bonchev–Trinajstić information content (AvgIpc) is 2.91. The summed E-state index contributed by atoms with van der Waals surface area (Å²) in [6.07, 6.45) is 3.20. The molecule has 7 heteroatoms. The predicted octanol–water partition coefficient (Wildman–Crippen LogP) is 3.10. The summed E-state index contributed by atoms with van der Waals surface area (Å²) in [6, 6.07) is 5.83. The van der Waals surface area contributed by atoms with Crippen LogP contribution in [0, 0.1) is 6.92 Å². The van der Waals surface area contributed by atoms with Gasteiger partial charge in [-0.05, 0) is 59.7 Å². The molecule has 0 saturated carbocycles. The predicted molar refractivity (Wildman–Crippen MR) is 90.5 cm³/mol. The maximum Gasteiger partial charge on any atom is 0.260 e. The number of aromatic nitrogens is 2. The third-order valence-electron chi connectivity index (χ3n) is 2.82. The molecule has 0 atom stereocenters. The molecule has 2 rings (SSSR count). The van der Waals surface area contributed by atoms with Gasteiger partial charge < -0.3 is 5.32 Å². The Hall–Kier alpha value is -1.73. The third kappa shape index (κ3) is 4.12. The molecule has 0 aliphatic heterocycles. The fourth-order valence-corrected chi connectivity index (χ4v) is 2.50. The summed E-state index contributed by atoms with van der Waals surface area (Å²) in [5.41, 5.74) is 2.41. The minimum absolute atomic E-state index is 0.244. The van der Waals surface area contributed by atoms with Crippen molar-refractivity contribution >= 4 is 44.9 Å². The second kappa shape index (κ2) is 6.82. The van der Waals surface area contributed by atoms with Gasteiger partial charge in [-0.25, -0.2) is 0 Å². The molecule has 2 aromatic rings. The first-order chi connectivity index (χ1) is 9.99. The third-order valence-corrected chi connectivity index (χ3v) is 3.68. The van der Waals surface area contributed by atoms with Crippen molar-refractivity contribution in [2.45, 2.75) is 20.4 Å². The quantitative estimate of drug-likeness (QED) is 0.819. The standard InChI is InChI=1S/C14H15BrN4OS/c1-3-19-8-10(7-16-19)13(20)18-14(21)17-12-5-4-9(2)6-11(12)15/h4-8H,3H2,1-2H3,(H2,17,18,20,21). The number of carbonyl (C=O) groups excluding carboxylic acids is 1. The van der Waals surface area contributed by atoms with E-state index in [1.54, 1.807) is 10.9 Å². The van der Waals surface area contributed by atoms with Gasteiger partial charge in [-0.2, -0.15) is 5.10 Å². The average molecular weight is 367 g/mol. The minimum atomic E-state index is -0.282. The van der Waals surface area contributed by atoms with Gasteiger partial charge in [-0.3, -0.25) is 14.8 Å². The Morgan fingerprint density at radius 3 is 2.86 bits per heavy atom. The van der Waals surface area contributed by atoms with Crippen molar-refractivity contribution in [2.75, 3.05) is 5.32 Å². The fraction of sp³-hybridized carbons (Fsp3) is 0.214. The normalized spacial score (nSPS) is 10.2. The molecule has 0 fully saturated rings. The van der Waals surface area contributed by atoms with Crippen molar-refractivity contribution in [3.63, 3.8) is 0 Å². The van der Waals surface area contributed by atoms with Crippen molar-refractivity contribution in [1.29, 1.82) is 0 Å². The Kier molecular flexibility index (Phi) is 5.08. The molecule has 0 aliphatic carbocycles. The van der Waals surface area contributed by atoms with Crippen molar-refractivity contribution in [2.24, 2.45) is 0 Å². The highest BCUT2D eigenvalue weighted by atomic mass is 79.9. The lowest BCUT2D eigenvalue weighted by Crippen LogP contribution is -2.34. The zero-order valence-corrected chi connectivity index (χ0v) is 14.1. The SMILES string of the molecule is CCn1cc(C(=O)NC(=S)Nc2ccc(C)cc2Br)cn1. The van der Waals surface area contributed by atoms with Gasteiger partial charge in [0, 0.05) is 17.2 Å². The second-order valence-corrected chi connectivity index (χ2v) is 5.74. The first-order valence-electron chi connectivity index (χ1n) is 6.40. The fourth-order valence-electron chi connectivity index (χ4n) is 1.70. The molecule has 1 heterocycles. The van der Waals surface area contributed by atoms with Gasteiger partial charge in [-0.1, -0.05) is 6.07 Å². The Morgan fingerprint density at radius 2 is 2.24 bits per heavy atom. The Labute approximate surface area is 136 Å². The summed E-state index contributed by atoms with van der Waals surface area (Å²) in [5.74, 6) is -0.282. The number of thiocarbonyl (C=S) groups is 1. The molecular formula is C14H15BrN4OS. The molecule has 110 valence electrons. The highest BCUT2D eigenvalue weighted by Crippen LogP contribution is 2.23. The molecule has 1 aromatic carbocycles. The van der Waals surface area contributed by atoms with E-state index in [0.29, 0.717) is 12.1 Å². The van der Waals surface area contributed by atoms with E-state index in [4.69, 9.17) is 12.2 Å². The molecule has 0 bridgehead atoms. The van der Waals surface area contributed by atoms with Crippen LogP contribution >= 0.6 is 28.1 Å². The van der Waals surface area contributed by atoms with E-state index in [0.717, 1.165) is 15.7 Å². The van der Waals surface area contributed by atoms with Gasteiger partial charge in [0.25, 0.3) is 5.91 Å². The Balaban J connectivity index is 1.99. The van der Waals surface area contributed by atoms with Crippen LogP contribution in [0.4, 0.5) is 5.69 Å². The van der Waals surface area contributed by atoms with Crippen LogP contribution in [-0.2, 0) is 6.54 Å². The van der Waals surface area contributed by atoms with Crippen molar-refractivity contribution < 1.29 is 4.79 Å². The summed E-state index contributed by atoms with van der Waals surface area (Å²) in [6.45, 7) is 4.67. The van der Waals surface area contributed by atoms with E-state index < -0.39 is 0 Å². The number of aryl methyl sites for hydroxylation is 2. The highest BCUT2D eigenvalue weighted by Gasteiger charge is 2.11. The van der Waals surface area contributed by atoms with Crippen LogP contribution in [0.25, 0.3) is 0 Å². The molecule has 0 aliphatic rings. The first kappa shape index (κ1) is 15.7. The maximum absolute atomic E-state index is 12.0. The molecule has 0 unspecified atom stereocenters. The summed E-state index contributed by atoms with van der Waals surface area (Å²) in [4.78, 5) is 12.0. The molecule has 1 amide bonds.